The number of hydrogen-bond donors (Lipinski definition) is 4. The summed E-state index contributed by atoms with van der Waals surface area (Å²) in [6.45, 7) is 3.23. The lowest BCUT2D eigenvalue weighted by Gasteiger charge is -2.24. The lowest BCUT2D eigenvalue weighted by atomic mass is 10.1. The number of ether oxygens (including phenoxy) is 1. The first-order valence-electron chi connectivity index (χ1n) is 7.18. The van der Waals surface area contributed by atoms with Crippen molar-refractivity contribution < 1.29 is 34.1 Å². The lowest BCUT2D eigenvalue weighted by molar-refractivity contribution is -0.182. The highest BCUT2D eigenvalue weighted by Gasteiger charge is 2.43. The molecule has 12 heteroatoms. The van der Waals surface area contributed by atoms with E-state index in [1.54, 1.807) is 0 Å². The molecule has 0 bridgehead atoms. The summed E-state index contributed by atoms with van der Waals surface area (Å²) < 4.78 is 6.89. The third-order valence-corrected chi connectivity index (χ3v) is 6.79. The zero-order valence-corrected chi connectivity index (χ0v) is 20.7. The second kappa shape index (κ2) is 9.64. The molecule has 1 aromatic carbocycles. The van der Waals surface area contributed by atoms with Crippen LogP contribution in [0.2, 0.25) is 0 Å². The molecule has 0 aromatic heterocycles. The summed E-state index contributed by atoms with van der Waals surface area (Å²) in [6.07, 6.45) is 0. The molecule has 0 aliphatic rings. The number of hydrogen-bond acceptors (Lipinski definition) is 5. The number of nitrogens with one attached hydrogen (secondary N) is 2. The van der Waals surface area contributed by atoms with Gasteiger partial charge in [-0.2, -0.15) is 0 Å². The molecule has 0 saturated heterocycles. The van der Waals surface area contributed by atoms with Gasteiger partial charge in [0.2, 0.25) is 11.8 Å². The van der Waals surface area contributed by atoms with E-state index in [2.05, 4.69) is 10.6 Å². The van der Waals surface area contributed by atoms with E-state index in [1.165, 1.54) is 13.8 Å². The number of carboxylic acid groups (broad SMARTS) is 2. The third-order valence-electron chi connectivity index (χ3n) is 3.33. The average molecular weight is 716 g/mol. The van der Waals surface area contributed by atoms with Crippen LogP contribution in [0.1, 0.15) is 26.3 Å². The van der Waals surface area contributed by atoms with Gasteiger partial charge in [0, 0.05) is 26.6 Å². The molecule has 0 aliphatic heterocycles. The molecule has 2 amide bonds. The fraction of sp³-hybridized carbons (Fsp3) is 0.333. The first-order chi connectivity index (χ1) is 12.3. The number of benzene rings is 1. The van der Waals surface area contributed by atoms with Gasteiger partial charge in [0.1, 0.15) is 0 Å². The number of carbonyl (C=O) groups is 4. The minimum Gasteiger partial charge on any atom is -0.479 e. The first-order valence-corrected chi connectivity index (χ1v) is 10.4. The number of halogens is 3. The van der Waals surface area contributed by atoms with E-state index < -0.39 is 17.5 Å². The van der Waals surface area contributed by atoms with Gasteiger partial charge in [-0.05, 0) is 74.7 Å². The van der Waals surface area contributed by atoms with Crippen molar-refractivity contribution in [2.75, 3.05) is 10.6 Å². The van der Waals surface area contributed by atoms with E-state index >= 15 is 0 Å². The van der Waals surface area contributed by atoms with Crippen LogP contribution in [0.3, 0.4) is 0 Å². The molecule has 0 atom stereocenters. The van der Waals surface area contributed by atoms with Gasteiger partial charge in [-0.15, -0.1) is 0 Å². The zero-order chi connectivity index (χ0) is 21.1. The largest absolute Gasteiger partial charge is 0.479 e. The van der Waals surface area contributed by atoms with Crippen molar-refractivity contribution in [1.29, 1.82) is 0 Å². The molecule has 0 spiro atoms. The van der Waals surface area contributed by atoms with Gasteiger partial charge in [0.15, 0.2) is 0 Å². The topological polar surface area (TPSA) is 142 Å². The molecular weight excluding hydrogens is 701 g/mol. The molecule has 27 heavy (non-hydrogen) atoms. The molecule has 0 heterocycles. The molecule has 0 fully saturated rings. The van der Waals surface area contributed by atoms with E-state index in [0.29, 0.717) is 27.6 Å². The highest BCUT2D eigenvalue weighted by molar-refractivity contribution is 14.1. The van der Waals surface area contributed by atoms with E-state index in [0.717, 1.165) is 6.92 Å². The van der Waals surface area contributed by atoms with E-state index in [-0.39, 0.29) is 18.4 Å². The molecule has 1 rings (SSSR count). The number of carboxylic acids is 2. The fourth-order valence-electron chi connectivity index (χ4n) is 1.85. The van der Waals surface area contributed by atoms with Gasteiger partial charge in [0.25, 0.3) is 5.60 Å². The summed E-state index contributed by atoms with van der Waals surface area (Å²) in [5.41, 5.74) is -1.17. The Morgan fingerprint density at radius 1 is 0.889 bits per heavy atom. The molecule has 9 nitrogen and oxygen atoms in total. The Kier molecular flexibility index (Phi) is 8.67. The number of amides is 2. The molecule has 0 unspecified atom stereocenters. The maximum Gasteiger partial charge on any atom is 0.347 e. The Labute approximate surface area is 195 Å². The summed E-state index contributed by atoms with van der Waals surface area (Å²) in [5, 5.41) is 23.7. The predicted octanol–water partition coefficient (Wildman–Crippen LogP) is 2.86. The number of carbonyl (C=O) groups excluding carboxylic acids is 2. The number of aliphatic carboxylic acids is 2. The smallest absolute Gasteiger partial charge is 0.347 e. The maximum absolute atomic E-state index is 11.5. The normalized spacial score (nSPS) is 11.0. The summed E-state index contributed by atoms with van der Waals surface area (Å²) in [7, 11) is 0. The highest BCUT2D eigenvalue weighted by atomic mass is 127. The van der Waals surface area contributed by atoms with E-state index in [9.17, 15) is 29.4 Å². The van der Waals surface area contributed by atoms with Crippen molar-refractivity contribution in [2.45, 2.75) is 33.0 Å². The fourth-order valence-corrected chi connectivity index (χ4v) is 5.86. The molecular formula is C15H15I3N2O7. The van der Waals surface area contributed by atoms with Gasteiger partial charge >= 0.3 is 11.9 Å². The van der Waals surface area contributed by atoms with Crippen LogP contribution in [0.15, 0.2) is 0 Å². The second-order valence-corrected chi connectivity index (χ2v) is 8.70. The Bertz CT molecular complexity index is 769. The Morgan fingerprint density at radius 3 is 1.56 bits per heavy atom. The molecule has 0 aliphatic carbocycles. The van der Waals surface area contributed by atoms with Crippen LogP contribution >= 0.6 is 67.8 Å². The summed E-state index contributed by atoms with van der Waals surface area (Å²) >= 11 is 5.87. The van der Waals surface area contributed by atoms with Crippen LogP contribution < -0.4 is 10.6 Å². The van der Waals surface area contributed by atoms with Crippen molar-refractivity contribution in [3.05, 3.63) is 16.3 Å². The second-order valence-electron chi connectivity index (χ2n) is 5.47. The Balaban J connectivity index is 3.52. The number of rotatable bonds is 7. The van der Waals surface area contributed by atoms with Gasteiger partial charge in [-0.3, -0.25) is 9.59 Å². The molecule has 148 valence electrons. The lowest BCUT2D eigenvalue weighted by Crippen LogP contribution is -2.46. The van der Waals surface area contributed by atoms with E-state index in [1.807, 2.05) is 67.8 Å². The van der Waals surface area contributed by atoms with Crippen LogP contribution in [0, 0.1) is 10.7 Å². The zero-order valence-electron chi connectivity index (χ0n) is 14.3. The highest BCUT2D eigenvalue weighted by Crippen LogP contribution is 2.39. The van der Waals surface area contributed by atoms with Crippen LogP contribution in [0.4, 0.5) is 11.4 Å². The summed E-state index contributed by atoms with van der Waals surface area (Å²) in [5.74, 6) is -3.97. The van der Waals surface area contributed by atoms with Crippen molar-refractivity contribution >= 4 is 103 Å². The monoisotopic (exact) mass is 716 g/mol. The molecule has 4 N–H and O–H groups in total. The van der Waals surface area contributed by atoms with Crippen LogP contribution in [-0.2, 0) is 30.5 Å². The Morgan fingerprint density at radius 2 is 1.26 bits per heavy atom. The minimum absolute atomic E-state index is 0.339. The Hall–Kier alpha value is -0.750. The van der Waals surface area contributed by atoms with Crippen LogP contribution in [0.5, 0.6) is 0 Å². The third kappa shape index (κ3) is 5.63. The SMILES string of the molecule is CC(=O)Nc1c(I)c(COC(C)(C(=O)O)C(=O)O)c(I)c(NC(C)=O)c1I. The average Bonchev–Trinajstić information content (AvgIpc) is 2.54. The molecule has 1 aromatic rings. The standard InChI is InChI=1S/C15H15I3N2O7/c1-5(21)19-11-8(16)7(4-27-15(3,13(23)24)14(25)26)9(17)12(10(11)18)20-6(2)22/h4H2,1-3H3,(H,19,21)(H,20,22)(H,23,24)(H,25,26). The van der Waals surface area contributed by atoms with Crippen molar-refractivity contribution in [1.82, 2.24) is 0 Å². The quantitative estimate of drug-likeness (QED) is 0.252. The number of anilines is 2. The van der Waals surface area contributed by atoms with Crippen molar-refractivity contribution in [3.8, 4) is 0 Å². The van der Waals surface area contributed by atoms with Crippen molar-refractivity contribution in [3.63, 3.8) is 0 Å². The predicted molar refractivity (Wildman–Crippen MR) is 122 cm³/mol. The molecule has 0 radical (unpaired) electrons. The first kappa shape index (κ1) is 24.3. The summed E-state index contributed by atoms with van der Waals surface area (Å²) in [6, 6.07) is 0. The van der Waals surface area contributed by atoms with Crippen LogP contribution in [-0.4, -0.2) is 39.6 Å². The van der Waals surface area contributed by atoms with Gasteiger partial charge < -0.3 is 25.6 Å². The van der Waals surface area contributed by atoms with Gasteiger partial charge in [0.05, 0.1) is 21.6 Å². The van der Waals surface area contributed by atoms with Gasteiger partial charge in [-0.1, -0.05) is 0 Å². The van der Waals surface area contributed by atoms with Gasteiger partial charge in [-0.25, -0.2) is 9.59 Å². The van der Waals surface area contributed by atoms with Crippen LogP contribution in [0.25, 0.3) is 0 Å². The maximum atomic E-state index is 11.5. The van der Waals surface area contributed by atoms with E-state index in [4.69, 9.17) is 4.74 Å². The minimum atomic E-state index is -2.45. The van der Waals surface area contributed by atoms with Crippen molar-refractivity contribution in [2.24, 2.45) is 0 Å². The molecule has 0 saturated carbocycles. The summed E-state index contributed by atoms with van der Waals surface area (Å²) in [4.78, 5) is 45.7.